The topological polar surface area (TPSA) is 53.5 Å². The number of nitrogens with zero attached hydrogens (tertiary/aromatic N) is 1. The summed E-state index contributed by atoms with van der Waals surface area (Å²) in [5, 5.41) is 9.73. The lowest BCUT2D eigenvalue weighted by Gasteiger charge is -2.07. The van der Waals surface area contributed by atoms with Crippen molar-refractivity contribution in [3.05, 3.63) is 83.4 Å². The van der Waals surface area contributed by atoms with Crippen LogP contribution < -0.4 is 10.7 Å². The third-order valence-corrected chi connectivity index (χ3v) is 4.42. The fourth-order valence-corrected chi connectivity index (χ4v) is 3.13. The average Bonchev–Trinajstić information content (AvgIpc) is 2.93. The summed E-state index contributed by atoms with van der Waals surface area (Å²) >= 11 is 5.25. The Kier molecular flexibility index (Phi) is 3.99. The first-order valence-corrected chi connectivity index (χ1v) is 8.37. The summed E-state index contributed by atoms with van der Waals surface area (Å²) in [4.78, 5) is 12.6. The molecule has 122 valence electrons. The second kappa shape index (κ2) is 6.45. The second-order valence-corrected chi connectivity index (χ2v) is 6.19. The Morgan fingerprint density at radius 3 is 2.40 bits per heavy atom. The molecule has 4 rings (SSSR count). The van der Waals surface area contributed by atoms with Gasteiger partial charge >= 0.3 is 0 Å². The lowest BCUT2D eigenvalue weighted by Crippen LogP contribution is -2.32. The summed E-state index contributed by atoms with van der Waals surface area (Å²) in [6, 6.07) is 21.5. The van der Waals surface area contributed by atoms with Gasteiger partial charge in [-0.15, -0.1) is 0 Å². The Hall–Kier alpha value is -3.05. The van der Waals surface area contributed by atoms with Crippen molar-refractivity contribution in [2.45, 2.75) is 6.54 Å². The van der Waals surface area contributed by atoms with Gasteiger partial charge in [0.15, 0.2) is 5.11 Å². The lowest BCUT2D eigenvalue weighted by atomic mass is 10.1. The van der Waals surface area contributed by atoms with Gasteiger partial charge in [-0.25, -0.2) is 0 Å². The van der Waals surface area contributed by atoms with E-state index in [4.69, 9.17) is 12.2 Å². The van der Waals surface area contributed by atoms with Gasteiger partial charge in [-0.05, 0) is 23.2 Å². The number of hydrogen-bond acceptors (Lipinski definition) is 3. The second-order valence-electron chi connectivity index (χ2n) is 5.78. The van der Waals surface area contributed by atoms with Crippen LogP contribution in [0.4, 0.5) is 0 Å². The highest BCUT2D eigenvalue weighted by Gasteiger charge is 2.28. The van der Waals surface area contributed by atoms with E-state index in [0.29, 0.717) is 22.9 Å². The molecule has 0 saturated heterocycles. The largest absolute Gasteiger partial charge is 0.357 e. The zero-order chi connectivity index (χ0) is 17.2. The van der Waals surface area contributed by atoms with E-state index in [1.165, 1.54) is 0 Å². The molecule has 0 bridgehead atoms. The van der Waals surface area contributed by atoms with Crippen molar-refractivity contribution >= 4 is 39.6 Å². The number of hydrogen-bond donors (Lipinski definition) is 2. The number of Topliss-reactive ketones (excluding diaryl/α,β-unsaturated/α-hetero) is 1. The Labute approximate surface area is 150 Å². The monoisotopic (exact) mass is 345 g/mol. The molecule has 0 atom stereocenters. The number of carbonyl (C=O) groups excluding carboxylic acids is 1. The molecule has 3 aromatic rings. The highest BCUT2D eigenvalue weighted by Crippen LogP contribution is 2.30. The van der Waals surface area contributed by atoms with Crippen LogP contribution in [0.15, 0.2) is 71.8 Å². The summed E-state index contributed by atoms with van der Waals surface area (Å²) < 4.78 is 0. The molecule has 0 saturated carbocycles. The molecular formula is C20H15N3OS. The van der Waals surface area contributed by atoms with Gasteiger partial charge < -0.3 is 5.32 Å². The number of benzene rings is 3. The van der Waals surface area contributed by atoms with Crippen molar-refractivity contribution in [1.29, 1.82) is 0 Å². The van der Waals surface area contributed by atoms with Gasteiger partial charge in [-0.1, -0.05) is 66.7 Å². The quantitative estimate of drug-likeness (QED) is 0.564. The van der Waals surface area contributed by atoms with Crippen molar-refractivity contribution in [3.63, 3.8) is 0 Å². The molecule has 1 aliphatic rings. The third kappa shape index (κ3) is 2.90. The van der Waals surface area contributed by atoms with E-state index < -0.39 is 0 Å². The van der Waals surface area contributed by atoms with Crippen LogP contribution >= 0.6 is 12.2 Å². The maximum atomic E-state index is 12.6. The zero-order valence-electron chi connectivity index (χ0n) is 13.3. The van der Waals surface area contributed by atoms with E-state index in [9.17, 15) is 4.79 Å². The Balaban J connectivity index is 1.52. The first-order valence-electron chi connectivity index (χ1n) is 7.96. The summed E-state index contributed by atoms with van der Waals surface area (Å²) in [5.41, 5.74) is 5.84. The number of thiocarbonyl (C=S) groups is 1. The number of nitrogens with one attached hydrogen (secondary N) is 2. The molecule has 0 spiro atoms. The van der Waals surface area contributed by atoms with Crippen molar-refractivity contribution < 1.29 is 4.79 Å². The smallest absolute Gasteiger partial charge is 0.214 e. The number of carbonyl (C=O) groups is 1. The van der Waals surface area contributed by atoms with Crippen molar-refractivity contribution in [2.24, 2.45) is 5.10 Å². The highest BCUT2D eigenvalue weighted by molar-refractivity contribution is 7.80. The van der Waals surface area contributed by atoms with Gasteiger partial charge in [-0.3, -0.25) is 10.2 Å². The van der Waals surface area contributed by atoms with E-state index >= 15 is 0 Å². The summed E-state index contributed by atoms with van der Waals surface area (Å²) in [5.74, 6) is -0.0786. The summed E-state index contributed by atoms with van der Waals surface area (Å²) in [7, 11) is 0. The molecule has 0 aliphatic heterocycles. The molecule has 1 aliphatic carbocycles. The third-order valence-electron chi connectivity index (χ3n) is 4.18. The van der Waals surface area contributed by atoms with Crippen LogP contribution in [0.1, 0.15) is 21.5 Å². The van der Waals surface area contributed by atoms with Crippen LogP contribution in [0.3, 0.4) is 0 Å². The Bertz CT molecular complexity index is 1010. The number of hydrazone groups is 1. The van der Waals surface area contributed by atoms with E-state index in [-0.39, 0.29) is 5.78 Å². The number of ketones is 1. The standard InChI is InChI=1S/C20H15N3OS/c24-19-16-11-5-9-14-8-4-10-15(17(14)16)18(19)22-23-20(25)21-12-13-6-2-1-3-7-13/h1-11H,12H2,(H2,21,23,25)/b22-18-. The van der Waals surface area contributed by atoms with Crippen LogP contribution in [0, 0.1) is 0 Å². The maximum Gasteiger partial charge on any atom is 0.214 e. The SMILES string of the molecule is O=C1/C(=N\NC(=S)NCc2ccccc2)c2cccc3cccc1c23. The Morgan fingerprint density at radius 1 is 0.920 bits per heavy atom. The fraction of sp³-hybridized carbons (Fsp3) is 0.0500. The van der Waals surface area contributed by atoms with E-state index in [0.717, 1.165) is 21.9 Å². The van der Waals surface area contributed by atoms with Gasteiger partial charge in [-0.2, -0.15) is 5.10 Å². The highest BCUT2D eigenvalue weighted by atomic mass is 32.1. The molecule has 0 aromatic heterocycles. The van der Waals surface area contributed by atoms with Crippen molar-refractivity contribution in [3.8, 4) is 0 Å². The fourth-order valence-electron chi connectivity index (χ4n) is 3.01. The minimum absolute atomic E-state index is 0.0786. The van der Waals surface area contributed by atoms with Gasteiger partial charge in [0.25, 0.3) is 0 Å². The number of rotatable bonds is 3. The molecule has 0 heterocycles. The molecule has 4 nitrogen and oxygen atoms in total. The van der Waals surface area contributed by atoms with E-state index in [1.54, 1.807) is 0 Å². The minimum atomic E-state index is -0.0786. The molecule has 25 heavy (non-hydrogen) atoms. The van der Waals surface area contributed by atoms with Crippen LogP contribution in [-0.4, -0.2) is 16.6 Å². The molecule has 0 fully saturated rings. The van der Waals surface area contributed by atoms with E-state index in [1.807, 2.05) is 66.7 Å². The predicted molar refractivity (Wildman–Crippen MR) is 104 cm³/mol. The molecule has 5 heteroatoms. The predicted octanol–water partition coefficient (Wildman–Crippen LogP) is 3.40. The molecule has 0 unspecified atom stereocenters. The van der Waals surface area contributed by atoms with Crippen LogP contribution in [-0.2, 0) is 6.54 Å². The average molecular weight is 345 g/mol. The van der Waals surface area contributed by atoms with Gasteiger partial charge in [0, 0.05) is 23.1 Å². The molecule has 0 amide bonds. The van der Waals surface area contributed by atoms with Gasteiger partial charge in [0.2, 0.25) is 5.78 Å². The Morgan fingerprint density at radius 2 is 1.64 bits per heavy atom. The van der Waals surface area contributed by atoms with Crippen LogP contribution in [0.5, 0.6) is 0 Å². The summed E-state index contributed by atoms with van der Waals surface area (Å²) in [6.07, 6.45) is 0. The van der Waals surface area contributed by atoms with Gasteiger partial charge in [0.05, 0.1) is 0 Å². The normalized spacial score (nSPS) is 14.1. The maximum absolute atomic E-state index is 12.6. The molecular weight excluding hydrogens is 330 g/mol. The lowest BCUT2D eigenvalue weighted by molar-refractivity contribution is 0.106. The van der Waals surface area contributed by atoms with E-state index in [2.05, 4.69) is 15.8 Å². The molecule has 0 radical (unpaired) electrons. The van der Waals surface area contributed by atoms with Crippen molar-refractivity contribution in [2.75, 3.05) is 0 Å². The van der Waals surface area contributed by atoms with Gasteiger partial charge in [0.1, 0.15) is 5.71 Å². The van der Waals surface area contributed by atoms with Crippen LogP contribution in [0.25, 0.3) is 10.8 Å². The molecule has 2 N–H and O–H groups in total. The molecule has 3 aromatic carbocycles. The summed E-state index contributed by atoms with van der Waals surface area (Å²) in [6.45, 7) is 0.598. The van der Waals surface area contributed by atoms with Crippen molar-refractivity contribution in [1.82, 2.24) is 10.7 Å². The minimum Gasteiger partial charge on any atom is -0.357 e. The first-order chi connectivity index (χ1) is 12.2. The first kappa shape index (κ1) is 15.5. The zero-order valence-corrected chi connectivity index (χ0v) is 14.1. The van der Waals surface area contributed by atoms with Crippen LogP contribution in [0.2, 0.25) is 0 Å².